The van der Waals surface area contributed by atoms with Crippen LogP contribution in [0.2, 0.25) is 10.3 Å². The van der Waals surface area contributed by atoms with Crippen molar-refractivity contribution in [2.45, 2.75) is 6.04 Å². The molecule has 15 heavy (non-hydrogen) atoms. The average Bonchev–Trinajstić information content (AvgIpc) is 2.22. The maximum Gasteiger partial charge on any atom is 0.174 e. The van der Waals surface area contributed by atoms with Crippen LogP contribution in [0.4, 0.5) is 5.69 Å². The van der Waals surface area contributed by atoms with Gasteiger partial charge in [-0.15, -0.1) is 10.2 Å². The lowest BCUT2D eigenvalue weighted by molar-refractivity contribution is 0.153. The molecule has 1 rings (SSSR count). The Labute approximate surface area is 97.4 Å². The van der Waals surface area contributed by atoms with E-state index in [-0.39, 0.29) is 23.0 Å². The molecule has 0 bridgehead atoms. The van der Waals surface area contributed by atoms with Crippen molar-refractivity contribution in [3.63, 3.8) is 0 Å². The molecule has 0 amide bonds. The van der Waals surface area contributed by atoms with E-state index in [1.165, 1.54) is 6.07 Å². The van der Waals surface area contributed by atoms with Gasteiger partial charge in [-0.1, -0.05) is 23.2 Å². The smallest absolute Gasteiger partial charge is 0.174 e. The zero-order chi connectivity index (χ0) is 11.3. The number of rotatable bonds is 5. The normalized spacial score (nSPS) is 12.5. The van der Waals surface area contributed by atoms with Gasteiger partial charge in [0.05, 0.1) is 24.9 Å². The van der Waals surface area contributed by atoms with Gasteiger partial charge in [0.15, 0.2) is 10.3 Å². The van der Waals surface area contributed by atoms with Gasteiger partial charge < -0.3 is 15.2 Å². The number of nitrogens with zero attached hydrogens (tertiary/aromatic N) is 2. The van der Waals surface area contributed by atoms with E-state index < -0.39 is 0 Å². The molecule has 0 saturated heterocycles. The fourth-order valence-corrected chi connectivity index (χ4v) is 1.31. The van der Waals surface area contributed by atoms with Crippen molar-refractivity contribution in [2.24, 2.45) is 0 Å². The van der Waals surface area contributed by atoms with Gasteiger partial charge in [0, 0.05) is 13.2 Å². The number of aromatic nitrogens is 2. The van der Waals surface area contributed by atoms with Crippen molar-refractivity contribution in [3.05, 3.63) is 16.4 Å². The topological polar surface area (TPSA) is 67.3 Å². The number of hydrogen-bond acceptors (Lipinski definition) is 5. The Hall–Kier alpha value is -0.620. The van der Waals surface area contributed by atoms with E-state index in [0.29, 0.717) is 12.3 Å². The van der Waals surface area contributed by atoms with E-state index >= 15 is 0 Å². The fourth-order valence-electron chi connectivity index (χ4n) is 1.02. The Balaban J connectivity index is 2.73. The van der Waals surface area contributed by atoms with Gasteiger partial charge in [-0.3, -0.25) is 0 Å². The summed E-state index contributed by atoms with van der Waals surface area (Å²) < 4.78 is 4.90. The van der Waals surface area contributed by atoms with Crippen LogP contribution in [0.3, 0.4) is 0 Å². The molecule has 2 N–H and O–H groups in total. The van der Waals surface area contributed by atoms with Gasteiger partial charge >= 0.3 is 0 Å². The molecule has 1 aromatic heterocycles. The molecule has 0 aliphatic heterocycles. The standard InChI is InChI=1S/C8H11Cl2N3O2/c1-15-4-5(3-14)11-6-2-7(9)12-13-8(6)10/h2,5,14H,3-4H2,1H3,(H,11,12). The molecule has 7 heteroatoms. The third-order valence-corrected chi connectivity index (χ3v) is 2.13. The minimum Gasteiger partial charge on any atom is -0.394 e. The first-order valence-electron chi connectivity index (χ1n) is 4.22. The first kappa shape index (κ1) is 12.4. The molecule has 1 atom stereocenters. The van der Waals surface area contributed by atoms with Crippen LogP contribution < -0.4 is 5.32 Å². The number of methoxy groups -OCH3 is 1. The second-order valence-electron chi connectivity index (χ2n) is 2.85. The Kier molecular flexibility index (Phi) is 5.04. The summed E-state index contributed by atoms with van der Waals surface area (Å²) in [6, 6.07) is 1.28. The summed E-state index contributed by atoms with van der Waals surface area (Å²) in [6.45, 7) is 0.275. The summed E-state index contributed by atoms with van der Waals surface area (Å²) in [6.07, 6.45) is 0. The Bertz CT molecular complexity index is 325. The molecule has 0 radical (unpaired) electrons. The molecular weight excluding hydrogens is 241 g/mol. The minimum absolute atomic E-state index is 0.0793. The van der Waals surface area contributed by atoms with E-state index in [1.807, 2.05) is 0 Å². The van der Waals surface area contributed by atoms with Crippen LogP contribution in [-0.2, 0) is 4.74 Å². The maximum absolute atomic E-state index is 9.02. The molecule has 0 saturated carbocycles. The summed E-state index contributed by atoms with van der Waals surface area (Å²) in [7, 11) is 1.55. The van der Waals surface area contributed by atoms with Gasteiger partial charge in [-0.25, -0.2) is 0 Å². The first-order chi connectivity index (χ1) is 7.17. The Morgan fingerprint density at radius 3 is 2.87 bits per heavy atom. The molecule has 0 spiro atoms. The summed E-state index contributed by atoms with van der Waals surface area (Å²) in [5.41, 5.74) is 0.521. The summed E-state index contributed by atoms with van der Waals surface area (Å²) in [5, 5.41) is 19.6. The molecule has 0 aliphatic rings. The Morgan fingerprint density at radius 2 is 2.27 bits per heavy atom. The fraction of sp³-hybridized carbons (Fsp3) is 0.500. The molecule has 1 aromatic rings. The molecule has 0 aromatic carbocycles. The largest absolute Gasteiger partial charge is 0.394 e. The summed E-state index contributed by atoms with van der Waals surface area (Å²) in [5.74, 6) is 0. The third-order valence-electron chi connectivity index (χ3n) is 1.67. The van der Waals surface area contributed by atoms with E-state index in [1.54, 1.807) is 7.11 Å². The minimum atomic E-state index is -0.257. The van der Waals surface area contributed by atoms with Crippen LogP contribution in [0, 0.1) is 0 Å². The van der Waals surface area contributed by atoms with Crippen LogP contribution in [0.5, 0.6) is 0 Å². The predicted molar refractivity (Wildman–Crippen MR) is 58.4 cm³/mol. The van der Waals surface area contributed by atoms with Crippen molar-refractivity contribution in [1.29, 1.82) is 0 Å². The number of nitrogens with one attached hydrogen (secondary N) is 1. The quantitative estimate of drug-likeness (QED) is 0.824. The zero-order valence-corrected chi connectivity index (χ0v) is 9.59. The van der Waals surface area contributed by atoms with Crippen molar-refractivity contribution in [1.82, 2.24) is 10.2 Å². The van der Waals surface area contributed by atoms with Crippen LogP contribution in [0.25, 0.3) is 0 Å². The average molecular weight is 252 g/mol. The predicted octanol–water partition coefficient (Wildman–Crippen LogP) is 1.20. The van der Waals surface area contributed by atoms with Gasteiger partial charge in [-0.2, -0.15) is 0 Å². The van der Waals surface area contributed by atoms with Crippen molar-refractivity contribution < 1.29 is 9.84 Å². The van der Waals surface area contributed by atoms with E-state index in [9.17, 15) is 0 Å². The third kappa shape index (κ3) is 3.79. The SMILES string of the molecule is COCC(CO)Nc1cc(Cl)nnc1Cl. The molecule has 1 unspecified atom stereocenters. The lowest BCUT2D eigenvalue weighted by Crippen LogP contribution is -2.29. The summed E-state index contributed by atoms with van der Waals surface area (Å²) >= 11 is 11.4. The van der Waals surface area contributed by atoms with E-state index in [2.05, 4.69) is 15.5 Å². The van der Waals surface area contributed by atoms with Crippen LogP contribution in [-0.4, -0.2) is 41.7 Å². The highest BCUT2D eigenvalue weighted by Crippen LogP contribution is 2.21. The van der Waals surface area contributed by atoms with Gasteiger partial charge in [0.25, 0.3) is 0 Å². The van der Waals surface area contributed by atoms with E-state index in [0.717, 1.165) is 0 Å². The highest BCUT2D eigenvalue weighted by atomic mass is 35.5. The van der Waals surface area contributed by atoms with Crippen LogP contribution >= 0.6 is 23.2 Å². The number of anilines is 1. The van der Waals surface area contributed by atoms with Crippen molar-refractivity contribution in [2.75, 3.05) is 25.6 Å². The number of aliphatic hydroxyl groups excluding tert-OH is 1. The summed E-state index contributed by atoms with van der Waals surface area (Å²) in [4.78, 5) is 0. The van der Waals surface area contributed by atoms with Gasteiger partial charge in [0.1, 0.15) is 0 Å². The second kappa shape index (κ2) is 6.07. The molecular formula is C8H11Cl2N3O2. The second-order valence-corrected chi connectivity index (χ2v) is 3.60. The van der Waals surface area contributed by atoms with E-state index in [4.69, 9.17) is 33.0 Å². The van der Waals surface area contributed by atoms with Crippen molar-refractivity contribution >= 4 is 28.9 Å². The van der Waals surface area contributed by atoms with Gasteiger partial charge in [0.2, 0.25) is 0 Å². The number of hydrogen-bond donors (Lipinski definition) is 2. The molecule has 1 heterocycles. The molecule has 0 aliphatic carbocycles. The number of halogens is 2. The Morgan fingerprint density at radius 1 is 1.53 bits per heavy atom. The van der Waals surface area contributed by atoms with Crippen molar-refractivity contribution in [3.8, 4) is 0 Å². The molecule has 5 nitrogen and oxygen atoms in total. The molecule has 0 fully saturated rings. The highest BCUT2D eigenvalue weighted by molar-refractivity contribution is 6.33. The van der Waals surface area contributed by atoms with Crippen LogP contribution in [0.15, 0.2) is 6.07 Å². The maximum atomic E-state index is 9.02. The zero-order valence-electron chi connectivity index (χ0n) is 8.07. The van der Waals surface area contributed by atoms with Gasteiger partial charge in [-0.05, 0) is 0 Å². The number of ether oxygens (including phenoxy) is 1. The van der Waals surface area contributed by atoms with Crippen LogP contribution in [0.1, 0.15) is 0 Å². The lowest BCUT2D eigenvalue weighted by atomic mass is 10.3. The number of aliphatic hydroxyl groups is 1. The monoisotopic (exact) mass is 251 g/mol. The highest BCUT2D eigenvalue weighted by Gasteiger charge is 2.10. The lowest BCUT2D eigenvalue weighted by Gasteiger charge is -2.16. The first-order valence-corrected chi connectivity index (χ1v) is 4.98. The molecule has 84 valence electrons.